The van der Waals surface area contributed by atoms with Crippen LogP contribution in [0.3, 0.4) is 0 Å². The fourth-order valence-corrected chi connectivity index (χ4v) is 2.94. The minimum atomic E-state index is -0.121. The Bertz CT molecular complexity index is 736. The molecule has 0 aromatic carbocycles. The van der Waals surface area contributed by atoms with Gasteiger partial charge in [-0.25, -0.2) is 9.78 Å². The molecule has 3 rings (SSSR count). The van der Waals surface area contributed by atoms with Crippen molar-refractivity contribution < 1.29 is 4.79 Å². The minimum absolute atomic E-state index is 0.121. The lowest BCUT2D eigenvalue weighted by molar-refractivity contribution is 0.240. The SMILES string of the molecule is O=C(NCCCn1ccc2cccnc21)NCc1cccs1. The Labute approximate surface area is 133 Å². The Kier molecular flexibility index (Phi) is 4.70. The van der Waals surface area contributed by atoms with Crippen LogP contribution in [-0.4, -0.2) is 22.1 Å². The van der Waals surface area contributed by atoms with Crippen LogP contribution >= 0.6 is 11.3 Å². The normalized spacial score (nSPS) is 10.7. The zero-order chi connectivity index (χ0) is 15.2. The Morgan fingerprint density at radius 1 is 1.23 bits per heavy atom. The van der Waals surface area contributed by atoms with Gasteiger partial charge < -0.3 is 15.2 Å². The second kappa shape index (κ2) is 7.09. The van der Waals surface area contributed by atoms with Gasteiger partial charge in [0.25, 0.3) is 0 Å². The third kappa shape index (κ3) is 3.65. The predicted octanol–water partition coefficient (Wildman–Crippen LogP) is 2.99. The first-order valence-corrected chi connectivity index (χ1v) is 8.15. The average Bonchev–Trinajstić information content (AvgIpc) is 3.19. The molecule has 0 unspecified atom stereocenters. The van der Waals surface area contributed by atoms with Gasteiger partial charge in [-0.1, -0.05) is 6.07 Å². The molecular weight excluding hydrogens is 296 g/mol. The van der Waals surface area contributed by atoms with Crippen molar-refractivity contribution in [3.05, 3.63) is 53.0 Å². The molecule has 0 saturated carbocycles. The number of carbonyl (C=O) groups excluding carboxylic acids is 1. The molecule has 0 atom stereocenters. The molecule has 0 fully saturated rings. The molecule has 0 saturated heterocycles. The summed E-state index contributed by atoms with van der Waals surface area (Å²) in [5.41, 5.74) is 0.990. The molecule has 0 aliphatic carbocycles. The average molecular weight is 314 g/mol. The Morgan fingerprint density at radius 3 is 3.05 bits per heavy atom. The zero-order valence-electron chi connectivity index (χ0n) is 12.2. The van der Waals surface area contributed by atoms with Gasteiger partial charge in [-0.3, -0.25) is 0 Å². The summed E-state index contributed by atoms with van der Waals surface area (Å²) in [4.78, 5) is 17.2. The summed E-state index contributed by atoms with van der Waals surface area (Å²) in [5.74, 6) is 0. The van der Waals surface area contributed by atoms with E-state index in [0.717, 1.165) is 28.9 Å². The third-order valence-corrected chi connectivity index (χ3v) is 4.26. The number of aromatic nitrogens is 2. The van der Waals surface area contributed by atoms with Gasteiger partial charge in [-0.15, -0.1) is 11.3 Å². The molecule has 22 heavy (non-hydrogen) atoms. The molecule has 0 spiro atoms. The van der Waals surface area contributed by atoms with Crippen LogP contribution in [0, 0.1) is 0 Å². The number of amides is 2. The highest BCUT2D eigenvalue weighted by Gasteiger charge is 2.03. The van der Waals surface area contributed by atoms with Crippen LogP contribution < -0.4 is 10.6 Å². The summed E-state index contributed by atoms with van der Waals surface area (Å²) in [7, 11) is 0. The van der Waals surface area contributed by atoms with E-state index in [1.807, 2.05) is 29.8 Å². The molecule has 3 aromatic rings. The molecule has 6 heteroatoms. The summed E-state index contributed by atoms with van der Waals surface area (Å²) in [6, 6.07) is 9.92. The highest BCUT2D eigenvalue weighted by Crippen LogP contribution is 2.12. The number of carbonyl (C=O) groups is 1. The zero-order valence-corrected chi connectivity index (χ0v) is 13.0. The van der Waals surface area contributed by atoms with Crippen molar-refractivity contribution in [3.63, 3.8) is 0 Å². The maximum Gasteiger partial charge on any atom is 0.315 e. The third-order valence-electron chi connectivity index (χ3n) is 3.39. The Balaban J connectivity index is 1.39. The number of thiophene rings is 1. The Hall–Kier alpha value is -2.34. The highest BCUT2D eigenvalue weighted by atomic mass is 32.1. The highest BCUT2D eigenvalue weighted by molar-refractivity contribution is 7.09. The van der Waals surface area contributed by atoms with Crippen LogP contribution in [-0.2, 0) is 13.1 Å². The molecule has 3 heterocycles. The number of pyridine rings is 1. The topological polar surface area (TPSA) is 59.0 Å². The van der Waals surface area contributed by atoms with E-state index < -0.39 is 0 Å². The number of hydrogen-bond acceptors (Lipinski definition) is 3. The molecule has 0 bridgehead atoms. The second-order valence-electron chi connectivity index (χ2n) is 4.97. The summed E-state index contributed by atoms with van der Waals surface area (Å²) >= 11 is 1.64. The van der Waals surface area contributed by atoms with Crippen LogP contribution in [0.1, 0.15) is 11.3 Å². The second-order valence-corrected chi connectivity index (χ2v) is 6.00. The van der Waals surface area contributed by atoms with Crippen molar-refractivity contribution >= 4 is 28.4 Å². The van der Waals surface area contributed by atoms with Crippen molar-refractivity contribution in [2.75, 3.05) is 6.54 Å². The molecule has 2 N–H and O–H groups in total. The lowest BCUT2D eigenvalue weighted by atomic mass is 10.3. The van der Waals surface area contributed by atoms with Crippen molar-refractivity contribution in [2.24, 2.45) is 0 Å². The van der Waals surface area contributed by atoms with E-state index in [-0.39, 0.29) is 6.03 Å². The van der Waals surface area contributed by atoms with Gasteiger partial charge in [0, 0.05) is 35.7 Å². The summed E-state index contributed by atoms with van der Waals surface area (Å²) < 4.78 is 2.11. The number of nitrogens with zero attached hydrogens (tertiary/aromatic N) is 2. The van der Waals surface area contributed by atoms with Gasteiger partial charge in [0.15, 0.2) is 0 Å². The fraction of sp³-hybridized carbons (Fsp3) is 0.250. The number of hydrogen-bond donors (Lipinski definition) is 2. The van der Waals surface area contributed by atoms with Gasteiger partial charge in [-0.05, 0) is 36.1 Å². The lowest BCUT2D eigenvalue weighted by Crippen LogP contribution is -2.35. The largest absolute Gasteiger partial charge is 0.338 e. The molecule has 0 radical (unpaired) electrons. The fourth-order valence-electron chi connectivity index (χ4n) is 2.30. The Morgan fingerprint density at radius 2 is 2.18 bits per heavy atom. The molecule has 0 aliphatic rings. The maximum absolute atomic E-state index is 11.7. The predicted molar refractivity (Wildman–Crippen MR) is 88.9 cm³/mol. The van der Waals surface area contributed by atoms with Crippen LogP contribution in [0.2, 0.25) is 0 Å². The van der Waals surface area contributed by atoms with E-state index in [4.69, 9.17) is 0 Å². The number of fused-ring (bicyclic) bond motifs is 1. The van der Waals surface area contributed by atoms with Gasteiger partial charge in [-0.2, -0.15) is 0 Å². The van der Waals surface area contributed by atoms with Gasteiger partial charge in [0.1, 0.15) is 5.65 Å². The van der Waals surface area contributed by atoms with E-state index in [1.165, 1.54) is 0 Å². The van der Waals surface area contributed by atoms with Crippen LogP contribution in [0.5, 0.6) is 0 Å². The first-order valence-electron chi connectivity index (χ1n) is 7.27. The monoisotopic (exact) mass is 314 g/mol. The van der Waals surface area contributed by atoms with E-state index in [0.29, 0.717) is 13.1 Å². The van der Waals surface area contributed by atoms with Crippen LogP contribution in [0.25, 0.3) is 11.0 Å². The molecule has 0 aliphatic heterocycles. The van der Waals surface area contributed by atoms with E-state index in [2.05, 4.69) is 32.3 Å². The number of urea groups is 1. The van der Waals surface area contributed by atoms with E-state index >= 15 is 0 Å². The van der Waals surface area contributed by atoms with Gasteiger partial charge in [0.2, 0.25) is 0 Å². The van der Waals surface area contributed by atoms with E-state index in [9.17, 15) is 4.79 Å². The number of aryl methyl sites for hydroxylation is 1. The minimum Gasteiger partial charge on any atom is -0.338 e. The summed E-state index contributed by atoms with van der Waals surface area (Å²) in [5, 5.41) is 8.87. The molecular formula is C16H18N4OS. The summed E-state index contributed by atoms with van der Waals surface area (Å²) in [6.07, 6.45) is 4.70. The molecule has 5 nitrogen and oxygen atoms in total. The van der Waals surface area contributed by atoms with E-state index in [1.54, 1.807) is 17.5 Å². The molecule has 2 amide bonds. The molecule has 3 aromatic heterocycles. The van der Waals surface area contributed by atoms with Crippen LogP contribution in [0.4, 0.5) is 4.79 Å². The van der Waals surface area contributed by atoms with Crippen molar-refractivity contribution in [2.45, 2.75) is 19.5 Å². The summed E-state index contributed by atoms with van der Waals surface area (Å²) in [6.45, 7) is 2.06. The van der Waals surface area contributed by atoms with Crippen molar-refractivity contribution in [1.29, 1.82) is 0 Å². The first kappa shape index (κ1) is 14.6. The van der Waals surface area contributed by atoms with Crippen LogP contribution in [0.15, 0.2) is 48.1 Å². The smallest absolute Gasteiger partial charge is 0.315 e. The quantitative estimate of drug-likeness (QED) is 0.687. The van der Waals surface area contributed by atoms with Gasteiger partial charge >= 0.3 is 6.03 Å². The van der Waals surface area contributed by atoms with Gasteiger partial charge in [0.05, 0.1) is 6.54 Å². The first-order chi connectivity index (χ1) is 10.8. The van der Waals surface area contributed by atoms with Crippen molar-refractivity contribution in [1.82, 2.24) is 20.2 Å². The maximum atomic E-state index is 11.7. The lowest BCUT2D eigenvalue weighted by Gasteiger charge is -2.08. The van der Waals surface area contributed by atoms with Crippen molar-refractivity contribution in [3.8, 4) is 0 Å². The number of rotatable bonds is 6. The standard InChI is InChI=1S/C16H18N4OS/c21-16(19-12-14-5-2-11-22-14)18-8-3-9-20-10-6-13-4-1-7-17-15(13)20/h1-2,4-7,10-11H,3,8-9,12H2,(H2,18,19,21). The number of nitrogens with one attached hydrogen (secondary N) is 2. The molecule has 114 valence electrons.